The van der Waals surface area contributed by atoms with Gasteiger partial charge >= 0.3 is 0 Å². The van der Waals surface area contributed by atoms with Gasteiger partial charge in [0.05, 0.1) is 12.1 Å². The maximum absolute atomic E-state index is 9.42. The van der Waals surface area contributed by atoms with Crippen LogP contribution in [-0.4, -0.2) is 28.1 Å². The van der Waals surface area contributed by atoms with Crippen molar-refractivity contribution in [3.63, 3.8) is 0 Å². The molecule has 0 saturated carbocycles. The molecule has 2 aromatic rings. The van der Waals surface area contributed by atoms with Crippen LogP contribution < -0.4 is 5.32 Å². The topological polar surface area (TPSA) is 45.2 Å². The lowest BCUT2D eigenvalue weighted by Crippen LogP contribution is -2.08. The molecule has 1 aromatic carbocycles. The zero-order valence-corrected chi connectivity index (χ0v) is 11.6. The molecule has 0 unspecified atom stereocenters. The second-order valence-corrected chi connectivity index (χ2v) is 5.29. The number of aliphatic hydroxyl groups is 1. The quantitative estimate of drug-likeness (QED) is 0.601. The molecule has 3 nitrogen and oxygen atoms in total. The fraction of sp³-hybridized carbons (Fsp3) is 0.267. The van der Waals surface area contributed by atoms with Crippen molar-refractivity contribution in [3.8, 4) is 0 Å². The molecule has 100 valence electrons. The molecule has 0 bridgehead atoms. The number of rotatable bonds is 7. The summed E-state index contributed by atoms with van der Waals surface area (Å²) in [5.74, 6) is 2.73. The van der Waals surface area contributed by atoms with E-state index in [1.807, 2.05) is 48.2 Å². The highest BCUT2D eigenvalue weighted by atomic mass is 32.2. The van der Waals surface area contributed by atoms with Gasteiger partial charge in [-0.3, -0.25) is 0 Å². The van der Waals surface area contributed by atoms with Crippen LogP contribution in [0.3, 0.4) is 0 Å². The van der Waals surface area contributed by atoms with Crippen molar-refractivity contribution < 1.29 is 5.11 Å². The fourth-order valence-corrected chi connectivity index (χ4v) is 2.42. The van der Waals surface area contributed by atoms with Gasteiger partial charge in [-0.05, 0) is 12.1 Å². The molecule has 4 heteroatoms. The number of anilines is 1. The minimum Gasteiger partial charge on any atom is -0.392 e. The maximum atomic E-state index is 9.42. The number of fused-ring (bicyclic) bond motifs is 1. The smallest absolute Gasteiger partial charge is 0.132 e. The van der Waals surface area contributed by atoms with Gasteiger partial charge < -0.3 is 10.4 Å². The first-order chi connectivity index (χ1) is 9.35. The number of aromatic nitrogens is 1. The second kappa shape index (κ2) is 7.16. The van der Waals surface area contributed by atoms with E-state index in [0.29, 0.717) is 0 Å². The third-order valence-electron chi connectivity index (χ3n) is 2.75. The molecule has 2 N–H and O–H groups in total. The molecule has 0 radical (unpaired) electrons. The normalized spacial score (nSPS) is 10.6. The summed E-state index contributed by atoms with van der Waals surface area (Å²) in [6, 6.07) is 9.92. The Hall–Kier alpha value is -1.52. The lowest BCUT2D eigenvalue weighted by molar-refractivity contribution is 0.282. The van der Waals surface area contributed by atoms with Crippen LogP contribution in [0.15, 0.2) is 43.0 Å². The van der Waals surface area contributed by atoms with Crippen LogP contribution in [0.25, 0.3) is 10.9 Å². The van der Waals surface area contributed by atoms with Crippen molar-refractivity contribution in [2.75, 3.05) is 23.4 Å². The van der Waals surface area contributed by atoms with E-state index in [1.54, 1.807) is 0 Å². The van der Waals surface area contributed by atoms with E-state index in [1.165, 1.54) is 0 Å². The van der Waals surface area contributed by atoms with Crippen LogP contribution >= 0.6 is 11.8 Å². The molecular weight excluding hydrogens is 256 g/mol. The summed E-state index contributed by atoms with van der Waals surface area (Å²) in [7, 11) is 0. The van der Waals surface area contributed by atoms with Gasteiger partial charge in [-0.15, -0.1) is 6.58 Å². The summed E-state index contributed by atoms with van der Waals surface area (Å²) in [5, 5.41) is 13.8. The molecule has 1 aromatic heterocycles. The van der Waals surface area contributed by atoms with Gasteiger partial charge in [0, 0.05) is 29.0 Å². The minimum atomic E-state index is -0.0000315. The average Bonchev–Trinajstić information content (AvgIpc) is 2.46. The molecule has 19 heavy (non-hydrogen) atoms. The SMILES string of the molecule is C=CCSCCNc1nc2ccccc2cc1CO. The van der Waals surface area contributed by atoms with Crippen LogP contribution in [0.2, 0.25) is 0 Å². The van der Waals surface area contributed by atoms with Crippen LogP contribution in [0.5, 0.6) is 0 Å². The lowest BCUT2D eigenvalue weighted by Gasteiger charge is -2.10. The predicted molar refractivity (Wildman–Crippen MR) is 83.7 cm³/mol. The maximum Gasteiger partial charge on any atom is 0.132 e. The van der Waals surface area contributed by atoms with Gasteiger partial charge in [0.1, 0.15) is 5.82 Å². The number of para-hydroxylation sites is 1. The molecule has 0 amide bonds. The van der Waals surface area contributed by atoms with Crippen LogP contribution in [-0.2, 0) is 6.61 Å². The molecule has 0 spiro atoms. The zero-order valence-electron chi connectivity index (χ0n) is 10.8. The third kappa shape index (κ3) is 3.72. The van der Waals surface area contributed by atoms with Gasteiger partial charge in [-0.1, -0.05) is 24.3 Å². The van der Waals surface area contributed by atoms with Crippen LogP contribution in [0, 0.1) is 0 Å². The minimum absolute atomic E-state index is 0.0000315. The van der Waals surface area contributed by atoms with E-state index in [9.17, 15) is 5.11 Å². The highest BCUT2D eigenvalue weighted by Gasteiger charge is 2.05. The first-order valence-corrected chi connectivity index (χ1v) is 7.42. The van der Waals surface area contributed by atoms with E-state index in [0.717, 1.165) is 40.3 Å². The van der Waals surface area contributed by atoms with Gasteiger partial charge in [-0.25, -0.2) is 4.98 Å². The summed E-state index contributed by atoms with van der Waals surface area (Å²) in [6.07, 6.45) is 1.90. The average molecular weight is 274 g/mol. The molecule has 0 aliphatic carbocycles. The number of benzene rings is 1. The summed E-state index contributed by atoms with van der Waals surface area (Å²) in [4.78, 5) is 4.56. The van der Waals surface area contributed by atoms with Crippen molar-refractivity contribution in [1.29, 1.82) is 0 Å². The van der Waals surface area contributed by atoms with E-state index >= 15 is 0 Å². The molecular formula is C15H18N2OS. The first kappa shape index (κ1) is 13.9. The van der Waals surface area contributed by atoms with Crippen molar-refractivity contribution in [2.24, 2.45) is 0 Å². The molecule has 0 aliphatic heterocycles. The Morgan fingerprint density at radius 2 is 2.21 bits per heavy atom. The third-order valence-corrected chi connectivity index (χ3v) is 3.71. The second-order valence-electron chi connectivity index (χ2n) is 4.14. The molecule has 0 atom stereocenters. The number of nitrogens with zero attached hydrogens (tertiary/aromatic N) is 1. The van der Waals surface area contributed by atoms with Gasteiger partial charge in [-0.2, -0.15) is 11.8 Å². The van der Waals surface area contributed by atoms with Gasteiger partial charge in [0.2, 0.25) is 0 Å². The number of aliphatic hydroxyl groups excluding tert-OH is 1. The van der Waals surface area contributed by atoms with Crippen molar-refractivity contribution in [3.05, 3.63) is 48.6 Å². The summed E-state index contributed by atoms with van der Waals surface area (Å²) >= 11 is 1.82. The van der Waals surface area contributed by atoms with Gasteiger partial charge in [0.25, 0.3) is 0 Å². The zero-order chi connectivity index (χ0) is 13.5. The van der Waals surface area contributed by atoms with Crippen molar-refractivity contribution in [1.82, 2.24) is 4.98 Å². The number of pyridine rings is 1. The molecule has 0 aliphatic rings. The Morgan fingerprint density at radius 1 is 1.37 bits per heavy atom. The Kier molecular flexibility index (Phi) is 5.24. The van der Waals surface area contributed by atoms with Crippen molar-refractivity contribution in [2.45, 2.75) is 6.61 Å². The van der Waals surface area contributed by atoms with E-state index in [2.05, 4.69) is 16.9 Å². The Labute approximate surface area is 117 Å². The van der Waals surface area contributed by atoms with Crippen LogP contribution in [0.4, 0.5) is 5.82 Å². The summed E-state index contributed by atoms with van der Waals surface area (Å²) in [5.41, 5.74) is 1.79. The van der Waals surface area contributed by atoms with E-state index in [-0.39, 0.29) is 6.61 Å². The Balaban J connectivity index is 2.09. The van der Waals surface area contributed by atoms with Crippen LogP contribution in [0.1, 0.15) is 5.56 Å². The highest BCUT2D eigenvalue weighted by molar-refractivity contribution is 7.99. The van der Waals surface area contributed by atoms with E-state index in [4.69, 9.17) is 0 Å². The molecule has 0 saturated heterocycles. The molecule has 1 heterocycles. The lowest BCUT2D eigenvalue weighted by atomic mass is 10.1. The summed E-state index contributed by atoms with van der Waals surface area (Å²) in [6.45, 7) is 4.52. The highest BCUT2D eigenvalue weighted by Crippen LogP contribution is 2.20. The standard InChI is InChI=1S/C15H18N2OS/c1-2-8-19-9-7-16-15-13(11-18)10-12-5-3-4-6-14(12)17-15/h2-6,10,18H,1,7-9,11H2,(H,16,17). The predicted octanol–water partition coefficient (Wildman–Crippen LogP) is 3.06. The number of hydrogen-bond acceptors (Lipinski definition) is 4. The molecule has 0 fully saturated rings. The number of thioether (sulfide) groups is 1. The van der Waals surface area contributed by atoms with E-state index < -0.39 is 0 Å². The monoisotopic (exact) mass is 274 g/mol. The van der Waals surface area contributed by atoms with Crippen molar-refractivity contribution >= 4 is 28.5 Å². The summed E-state index contributed by atoms with van der Waals surface area (Å²) < 4.78 is 0. The largest absolute Gasteiger partial charge is 0.392 e. The Morgan fingerprint density at radius 3 is 3.00 bits per heavy atom. The first-order valence-electron chi connectivity index (χ1n) is 6.27. The Bertz CT molecular complexity index is 557. The number of hydrogen-bond donors (Lipinski definition) is 2. The molecule has 2 rings (SSSR count). The number of nitrogens with one attached hydrogen (secondary N) is 1. The van der Waals surface area contributed by atoms with Gasteiger partial charge in [0.15, 0.2) is 0 Å². The fourth-order valence-electron chi connectivity index (χ4n) is 1.84.